The molecule has 3 aromatic rings. The van der Waals surface area contributed by atoms with Crippen molar-refractivity contribution in [2.24, 2.45) is 5.92 Å². The average Bonchev–Trinajstić information content (AvgIpc) is 3.12. The highest BCUT2D eigenvalue weighted by Crippen LogP contribution is 2.33. The normalized spacial score (nSPS) is 16.2. The molecule has 2 aromatic heterocycles. The summed E-state index contributed by atoms with van der Waals surface area (Å²) in [5.74, 6) is 3.01. The van der Waals surface area contributed by atoms with Gasteiger partial charge in [-0.2, -0.15) is 0 Å². The number of benzene rings is 1. The van der Waals surface area contributed by atoms with Gasteiger partial charge in [0.15, 0.2) is 11.5 Å². The highest BCUT2D eigenvalue weighted by atomic mass is 16.5. The summed E-state index contributed by atoms with van der Waals surface area (Å²) in [5, 5.41) is 4.02. The van der Waals surface area contributed by atoms with E-state index in [0.717, 1.165) is 47.5 Å². The molecule has 1 N–H and O–H groups in total. The highest BCUT2D eigenvalue weighted by Gasteiger charge is 2.28. The van der Waals surface area contributed by atoms with Crippen LogP contribution in [0, 0.1) is 19.8 Å². The van der Waals surface area contributed by atoms with Crippen molar-refractivity contribution in [3.63, 3.8) is 0 Å². The summed E-state index contributed by atoms with van der Waals surface area (Å²) in [6, 6.07) is 5.73. The second-order valence-electron chi connectivity index (χ2n) is 8.08. The molecule has 1 atom stereocenters. The predicted octanol–water partition coefficient (Wildman–Crippen LogP) is 3.78. The molecule has 170 valence electrons. The Morgan fingerprint density at radius 3 is 2.91 bits per heavy atom. The van der Waals surface area contributed by atoms with Crippen molar-refractivity contribution in [3.05, 3.63) is 41.4 Å². The number of fused-ring (bicyclic) bond motifs is 1. The number of aryl methyl sites for hydroxylation is 2. The van der Waals surface area contributed by atoms with E-state index >= 15 is 0 Å². The van der Waals surface area contributed by atoms with E-state index in [1.54, 1.807) is 7.11 Å². The minimum Gasteiger partial charge on any atom is -0.493 e. The van der Waals surface area contributed by atoms with Gasteiger partial charge >= 0.3 is 0 Å². The van der Waals surface area contributed by atoms with Crippen LogP contribution < -0.4 is 19.7 Å². The van der Waals surface area contributed by atoms with Gasteiger partial charge in [0.2, 0.25) is 11.6 Å². The van der Waals surface area contributed by atoms with Gasteiger partial charge in [-0.1, -0.05) is 6.07 Å². The number of hydrogen-bond donors (Lipinski definition) is 1. The Morgan fingerprint density at radius 2 is 2.12 bits per heavy atom. The molecule has 1 aromatic carbocycles. The van der Waals surface area contributed by atoms with Gasteiger partial charge in [0.1, 0.15) is 17.9 Å². The molecule has 8 nitrogen and oxygen atoms in total. The number of furan rings is 1. The zero-order valence-corrected chi connectivity index (χ0v) is 19.1. The third-order valence-electron chi connectivity index (χ3n) is 6.03. The van der Waals surface area contributed by atoms with E-state index < -0.39 is 0 Å². The number of carbonyl (C=O) groups excluding carboxylic acids is 1. The average molecular weight is 439 g/mol. The summed E-state index contributed by atoms with van der Waals surface area (Å²) in [4.78, 5) is 23.9. The van der Waals surface area contributed by atoms with E-state index in [0.29, 0.717) is 36.9 Å². The lowest BCUT2D eigenvalue weighted by molar-refractivity contribution is -0.125. The molecule has 0 unspecified atom stereocenters. The quantitative estimate of drug-likeness (QED) is 0.600. The molecule has 0 bridgehead atoms. The van der Waals surface area contributed by atoms with Crippen molar-refractivity contribution < 1.29 is 18.7 Å². The number of nitrogens with one attached hydrogen (secondary N) is 1. The number of carbonyl (C=O) groups is 1. The minimum absolute atomic E-state index is 0.0490. The van der Waals surface area contributed by atoms with Crippen LogP contribution in [0.25, 0.3) is 11.1 Å². The number of amides is 1. The molecule has 0 aliphatic carbocycles. The third kappa shape index (κ3) is 4.35. The molecular formula is C24H30N4O4. The Balaban J connectivity index is 1.44. The molecule has 3 heterocycles. The van der Waals surface area contributed by atoms with E-state index in [-0.39, 0.29) is 11.8 Å². The number of anilines is 1. The third-order valence-corrected chi connectivity index (χ3v) is 6.03. The fraction of sp³-hybridized carbons (Fsp3) is 0.458. The Labute approximate surface area is 187 Å². The summed E-state index contributed by atoms with van der Waals surface area (Å²) in [5.41, 5.74) is 2.61. The number of methoxy groups -OCH3 is 1. The smallest absolute Gasteiger partial charge is 0.231 e. The zero-order chi connectivity index (χ0) is 22.7. The first-order valence-electron chi connectivity index (χ1n) is 11.0. The first kappa shape index (κ1) is 21.9. The zero-order valence-electron chi connectivity index (χ0n) is 19.1. The van der Waals surface area contributed by atoms with Gasteiger partial charge in [0.25, 0.3) is 0 Å². The lowest BCUT2D eigenvalue weighted by atomic mass is 9.96. The molecular weight excluding hydrogens is 408 g/mol. The first-order chi connectivity index (χ1) is 15.5. The van der Waals surface area contributed by atoms with Crippen molar-refractivity contribution in [3.8, 4) is 11.5 Å². The maximum absolute atomic E-state index is 13.0. The van der Waals surface area contributed by atoms with Crippen LogP contribution in [-0.2, 0) is 11.3 Å². The van der Waals surface area contributed by atoms with Crippen LogP contribution in [0.1, 0.15) is 36.7 Å². The summed E-state index contributed by atoms with van der Waals surface area (Å²) in [6.45, 7) is 8.37. The number of nitrogens with zero attached hydrogens (tertiary/aromatic N) is 3. The molecule has 1 amide bonds. The van der Waals surface area contributed by atoms with Crippen molar-refractivity contribution in [1.29, 1.82) is 0 Å². The van der Waals surface area contributed by atoms with E-state index in [1.165, 1.54) is 6.33 Å². The lowest BCUT2D eigenvalue weighted by Crippen LogP contribution is -2.43. The maximum atomic E-state index is 13.0. The van der Waals surface area contributed by atoms with Gasteiger partial charge in [-0.05, 0) is 51.3 Å². The van der Waals surface area contributed by atoms with Crippen LogP contribution in [-0.4, -0.2) is 42.7 Å². The molecule has 0 radical (unpaired) electrons. The van der Waals surface area contributed by atoms with E-state index in [9.17, 15) is 4.79 Å². The summed E-state index contributed by atoms with van der Waals surface area (Å²) >= 11 is 0. The van der Waals surface area contributed by atoms with Gasteiger partial charge in [-0.25, -0.2) is 9.97 Å². The fourth-order valence-corrected chi connectivity index (χ4v) is 4.22. The second-order valence-corrected chi connectivity index (χ2v) is 8.08. The molecule has 1 saturated heterocycles. The molecule has 1 aliphatic rings. The Bertz CT molecular complexity index is 1110. The molecule has 32 heavy (non-hydrogen) atoms. The molecule has 4 rings (SSSR count). The van der Waals surface area contributed by atoms with Crippen molar-refractivity contribution in [2.75, 3.05) is 31.7 Å². The van der Waals surface area contributed by atoms with E-state index in [4.69, 9.17) is 13.9 Å². The minimum atomic E-state index is -0.105. The van der Waals surface area contributed by atoms with Gasteiger partial charge in [-0.3, -0.25) is 4.79 Å². The second kappa shape index (κ2) is 9.46. The standard InChI is InChI=1S/C24H30N4O4/c1-5-31-19-9-8-17(11-20(19)30-4)12-25-23(29)18-7-6-10-28(13-18)22-21-15(2)16(3)32-24(21)27-14-26-22/h8-9,11,14,18H,5-7,10,12-13H2,1-4H3,(H,25,29)/t18-/m0/s1. The van der Waals surface area contributed by atoms with Crippen molar-refractivity contribution >= 4 is 22.8 Å². The van der Waals surface area contributed by atoms with Crippen LogP contribution in [0.3, 0.4) is 0 Å². The van der Waals surface area contributed by atoms with Crippen LogP contribution >= 0.6 is 0 Å². The summed E-state index contributed by atoms with van der Waals surface area (Å²) < 4.78 is 16.7. The number of aromatic nitrogens is 2. The monoisotopic (exact) mass is 438 g/mol. The predicted molar refractivity (Wildman–Crippen MR) is 122 cm³/mol. The maximum Gasteiger partial charge on any atom is 0.231 e. The SMILES string of the molecule is CCOc1ccc(CNC(=O)[C@H]2CCCN(c3ncnc4oc(C)c(C)c34)C2)cc1OC. The Kier molecular flexibility index (Phi) is 6.48. The number of ether oxygens (including phenoxy) is 2. The molecule has 0 spiro atoms. The number of rotatable bonds is 7. The lowest BCUT2D eigenvalue weighted by Gasteiger charge is -2.33. The Hall–Kier alpha value is -3.29. The van der Waals surface area contributed by atoms with Gasteiger partial charge in [0.05, 0.1) is 25.0 Å². The first-order valence-corrected chi connectivity index (χ1v) is 11.0. The molecule has 0 saturated carbocycles. The summed E-state index contributed by atoms with van der Waals surface area (Å²) in [6.07, 6.45) is 3.31. The number of hydrogen-bond acceptors (Lipinski definition) is 7. The number of piperidine rings is 1. The van der Waals surface area contributed by atoms with E-state index in [1.807, 2.05) is 39.0 Å². The van der Waals surface area contributed by atoms with Crippen LogP contribution in [0.5, 0.6) is 11.5 Å². The largest absolute Gasteiger partial charge is 0.493 e. The van der Waals surface area contributed by atoms with Crippen LogP contribution in [0.4, 0.5) is 5.82 Å². The van der Waals surface area contributed by atoms with Gasteiger partial charge in [-0.15, -0.1) is 0 Å². The Morgan fingerprint density at radius 1 is 1.28 bits per heavy atom. The van der Waals surface area contributed by atoms with Crippen LogP contribution in [0.15, 0.2) is 28.9 Å². The van der Waals surface area contributed by atoms with Crippen molar-refractivity contribution in [1.82, 2.24) is 15.3 Å². The topological polar surface area (TPSA) is 89.7 Å². The van der Waals surface area contributed by atoms with Crippen molar-refractivity contribution in [2.45, 2.75) is 40.2 Å². The van der Waals surface area contributed by atoms with E-state index in [2.05, 4.69) is 20.2 Å². The van der Waals surface area contributed by atoms with Crippen LogP contribution in [0.2, 0.25) is 0 Å². The molecule has 1 aliphatic heterocycles. The van der Waals surface area contributed by atoms with Gasteiger partial charge in [0, 0.05) is 25.2 Å². The van der Waals surface area contributed by atoms with Gasteiger partial charge < -0.3 is 24.1 Å². The summed E-state index contributed by atoms with van der Waals surface area (Å²) in [7, 11) is 1.62. The molecule has 1 fully saturated rings. The highest BCUT2D eigenvalue weighted by molar-refractivity contribution is 5.90. The fourth-order valence-electron chi connectivity index (χ4n) is 4.22. The molecule has 8 heteroatoms.